The number of H-pyrrole nitrogens is 1. The number of nitrogens with zero attached hydrogens (tertiary/aromatic N) is 1. The van der Waals surface area contributed by atoms with Gasteiger partial charge in [-0.25, -0.2) is 4.68 Å². The van der Waals surface area contributed by atoms with Gasteiger partial charge < -0.3 is 10.5 Å². The number of aromatic amines is 1. The highest BCUT2D eigenvalue weighted by Crippen LogP contribution is 2.12. The van der Waals surface area contributed by atoms with E-state index in [1.54, 1.807) is 0 Å². The molecule has 0 aliphatic rings. The third-order valence-corrected chi connectivity index (χ3v) is 2.61. The van der Waals surface area contributed by atoms with Crippen LogP contribution in [0, 0.1) is 0 Å². The third kappa shape index (κ3) is 3.56. The van der Waals surface area contributed by atoms with E-state index in [1.807, 2.05) is 24.3 Å². The van der Waals surface area contributed by atoms with E-state index >= 15 is 0 Å². The molecule has 0 aliphatic carbocycles. The quantitative estimate of drug-likeness (QED) is 0.797. The van der Waals surface area contributed by atoms with E-state index in [9.17, 15) is 9.59 Å². The molecule has 19 heavy (non-hydrogen) atoms. The van der Waals surface area contributed by atoms with Crippen LogP contribution >= 0.6 is 0 Å². The van der Waals surface area contributed by atoms with Crippen LogP contribution in [0.2, 0.25) is 0 Å². The van der Waals surface area contributed by atoms with Crippen molar-refractivity contribution in [3.63, 3.8) is 0 Å². The number of benzene rings is 1. The summed E-state index contributed by atoms with van der Waals surface area (Å²) in [5.74, 6) is 0.689. The van der Waals surface area contributed by atoms with Crippen LogP contribution in [0.15, 0.2) is 46.0 Å². The normalized spacial score (nSPS) is 10.4. The van der Waals surface area contributed by atoms with Crippen LogP contribution in [0.3, 0.4) is 0 Å². The minimum absolute atomic E-state index is 0.265. The SMILES string of the molecule is NCc1cccc(OCCn2[nH]c(=O)ccc2=O)c1. The topological polar surface area (TPSA) is 90.1 Å². The van der Waals surface area contributed by atoms with Crippen LogP contribution < -0.4 is 21.6 Å². The molecule has 1 aromatic heterocycles. The molecule has 1 aromatic carbocycles. The Morgan fingerprint density at radius 3 is 2.84 bits per heavy atom. The molecule has 3 N–H and O–H groups in total. The summed E-state index contributed by atoms with van der Waals surface area (Å²) >= 11 is 0. The van der Waals surface area contributed by atoms with Crippen molar-refractivity contribution in [3.05, 3.63) is 62.7 Å². The molecule has 0 spiro atoms. The van der Waals surface area contributed by atoms with Crippen LogP contribution in [0.5, 0.6) is 5.75 Å². The number of ether oxygens (including phenoxy) is 1. The van der Waals surface area contributed by atoms with Crippen LogP contribution in [0.1, 0.15) is 5.56 Å². The van der Waals surface area contributed by atoms with E-state index in [0.717, 1.165) is 5.56 Å². The maximum absolute atomic E-state index is 11.4. The van der Waals surface area contributed by atoms with Gasteiger partial charge in [0.1, 0.15) is 12.4 Å². The Labute approximate surface area is 109 Å². The maximum Gasteiger partial charge on any atom is 0.265 e. The van der Waals surface area contributed by atoms with E-state index in [1.165, 1.54) is 16.8 Å². The predicted molar refractivity (Wildman–Crippen MR) is 71.2 cm³/mol. The highest BCUT2D eigenvalue weighted by Gasteiger charge is 1.99. The molecule has 1 heterocycles. The molecule has 0 fully saturated rings. The molecule has 0 saturated carbocycles. The zero-order valence-electron chi connectivity index (χ0n) is 10.3. The lowest BCUT2D eigenvalue weighted by atomic mass is 10.2. The van der Waals surface area contributed by atoms with Crippen molar-refractivity contribution >= 4 is 0 Å². The zero-order valence-corrected chi connectivity index (χ0v) is 10.3. The van der Waals surface area contributed by atoms with Gasteiger partial charge in [-0.3, -0.25) is 14.7 Å². The molecular weight excluding hydrogens is 246 g/mol. The van der Waals surface area contributed by atoms with Crippen molar-refractivity contribution in [2.45, 2.75) is 13.1 Å². The summed E-state index contributed by atoms with van der Waals surface area (Å²) in [4.78, 5) is 22.5. The van der Waals surface area contributed by atoms with Gasteiger partial charge in [0, 0.05) is 18.7 Å². The monoisotopic (exact) mass is 261 g/mol. The van der Waals surface area contributed by atoms with Crippen LogP contribution in [0.4, 0.5) is 0 Å². The lowest BCUT2D eigenvalue weighted by Gasteiger charge is -2.08. The first-order valence-corrected chi connectivity index (χ1v) is 5.91. The van der Waals surface area contributed by atoms with E-state index in [-0.39, 0.29) is 24.3 Å². The van der Waals surface area contributed by atoms with Crippen molar-refractivity contribution in [2.24, 2.45) is 5.73 Å². The molecule has 6 nitrogen and oxygen atoms in total. The standard InChI is InChI=1S/C13H15N3O3/c14-9-10-2-1-3-11(8-10)19-7-6-16-13(18)5-4-12(17)15-16/h1-5,8H,6-7,9,14H2,(H,15,17). The lowest BCUT2D eigenvalue weighted by Crippen LogP contribution is -2.29. The van der Waals surface area contributed by atoms with Crippen molar-refractivity contribution in [1.29, 1.82) is 0 Å². The molecule has 0 radical (unpaired) electrons. The van der Waals surface area contributed by atoms with Gasteiger partial charge in [-0.2, -0.15) is 0 Å². The lowest BCUT2D eigenvalue weighted by molar-refractivity contribution is 0.287. The highest BCUT2D eigenvalue weighted by atomic mass is 16.5. The second kappa shape index (κ2) is 6.01. The van der Waals surface area contributed by atoms with Crippen LogP contribution in [0.25, 0.3) is 0 Å². The molecule has 0 atom stereocenters. The highest BCUT2D eigenvalue weighted by molar-refractivity contribution is 5.28. The molecule has 0 saturated heterocycles. The smallest absolute Gasteiger partial charge is 0.265 e. The Morgan fingerprint density at radius 2 is 2.05 bits per heavy atom. The first kappa shape index (κ1) is 13.1. The maximum atomic E-state index is 11.4. The molecular formula is C13H15N3O3. The first-order chi connectivity index (χ1) is 9.19. The summed E-state index contributed by atoms with van der Waals surface area (Å²) in [5.41, 5.74) is 5.93. The number of nitrogens with two attached hydrogens (primary N) is 1. The minimum Gasteiger partial charge on any atom is -0.492 e. The second-order valence-electron chi connectivity index (χ2n) is 4.00. The van der Waals surface area contributed by atoms with Crippen molar-refractivity contribution < 1.29 is 4.74 Å². The Balaban J connectivity index is 1.98. The number of nitrogens with one attached hydrogen (secondary N) is 1. The van der Waals surface area contributed by atoms with Crippen LogP contribution in [-0.2, 0) is 13.1 Å². The third-order valence-electron chi connectivity index (χ3n) is 2.61. The van der Waals surface area contributed by atoms with Gasteiger partial charge in [0.2, 0.25) is 0 Å². The predicted octanol–water partition coefficient (Wildman–Crippen LogP) is 0.0743. The summed E-state index contributed by atoms with van der Waals surface area (Å²) < 4.78 is 6.73. The molecule has 2 rings (SSSR count). The van der Waals surface area contributed by atoms with Gasteiger partial charge in [0.25, 0.3) is 11.1 Å². The minimum atomic E-state index is -0.315. The van der Waals surface area contributed by atoms with E-state index in [2.05, 4.69) is 5.10 Å². The number of rotatable bonds is 5. The summed E-state index contributed by atoms with van der Waals surface area (Å²) in [7, 11) is 0. The average Bonchev–Trinajstić information content (AvgIpc) is 2.43. The number of hydrogen-bond acceptors (Lipinski definition) is 4. The Bertz CT molecular complexity index is 660. The summed E-state index contributed by atoms with van der Waals surface area (Å²) in [5, 5.41) is 2.43. The fourth-order valence-corrected chi connectivity index (χ4v) is 1.65. The number of aromatic nitrogens is 2. The first-order valence-electron chi connectivity index (χ1n) is 5.91. The van der Waals surface area contributed by atoms with Gasteiger partial charge in [-0.1, -0.05) is 12.1 Å². The summed E-state index contributed by atoms with van der Waals surface area (Å²) in [6.45, 7) is 1.01. The second-order valence-corrected chi connectivity index (χ2v) is 4.00. The van der Waals surface area contributed by atoms with Gasteiger partial charge in [-0.15, -0.1) is 0 Å². The molecule has 6 heteroatoms. The Kier molecular flexibility index (Phi) is 4.15. The van der Waals surface area contributed by atoms with Gasteiger partial charge >= 0.3 is 0 Å². The molecule has 0 aliphatic heterocycles. The van der Waals surface area contributed by atoms with Gasteiger partial charge in [0.15, 0.2) is 0 Å². The van der Waals surface area contributed by atoms with Gasteiger partial charge in [-0.05, 0) is 17.7 Å². The van der Waals surface area contributed by atoms with Gasteiger partial charge in [0.05, 0.1) is 6.54 Å². The summed E-state index contributed by atoms with van der Waals surface area (Å²) in [6.07, 6.45) is 0. The van der Waals surface area contributed by atoms with Crippen molar-refractivity contribution in [1.82, 2.24) is 9.78 Å². The van der Waals surface area contributed by atoms with Crippen LogP contribution in [-0.4, -0.2) is 16.4 Å². The average molecular weight is 261 g/mol. The fraction of sp³-hybridized carbons (Fsp3) is 0.231. The van der Waals surface area contributed by atoms with Crippen molar-refractivity contribution in [2.75, 3.05) is 6.61 Å². The Hall–Kier alpha value is -2.34. The molecule has 0 unspecified atom stereocenters. The van der Waals surface area contributed by atoms with E-state index < -0.39 is 0 Å². The molecule has 0 amide bonds. The molecule has 100 valence electrons. The Morgan fingerprint density at radius 1 is 1.21 bits per heavy atom. The van der Waals surface area contributed by atoms with Crippen molar-refractivity contribution in [3.8, 4) is 5.75 Å². The zero-order chi connectivity index (χ0) is 13.7. The number of hydrogen-bond donors (Lipinski definition) is 2. The largest absolute Gasteiger partial charge is 0.492 e. The summed E-state index contributed by atoms with van der Waals surface area (Å²) in [6, 6.07) is 9.85. The fourth-order valence-electron chi connectivity index (χ4n) is 1.65. The molecule has 2 aromatic rings. The van der Waals surface area contributed by atoms with E-state index in [4.69, 9.17) is 10.5 Å². The van der Waals surface area contributed by atoms with E-state index in [0.29, 0.717) is 12.3 Å². The molecule has 0 bridgehead atoms.